The topological polar surface area (TPSA) is 78.9 Å². The Morgan fingerprint density at radius 2 is 0.563 bits per heavy atom. The number of carbonyl (C=O) groups excluding carboxylic acids is 3. The number of ether oxygens (including phenoxy) is 3. The smallest absolute Gasteiger partial charge is 0.306 e. The van der Waals surface area contributed by atoms with E-state index in [9.17, 15) is 14.4 Å². The molecule has 0 radical (unpaired) electrons. The lowest BCUT2D eigenvalue weighted by molar-refractivity contribution is -0.167. The van der Waals surface area contributed by atoms with E-state index in [1.807, 2.05) is 0 Å². The van der Waals surface area contributed by atoms with Crippen molar-refractivity contribution in [2.75, 3.05) is 13.2 Å². The van der Waals surface area contributed by atoms with Gasteiger partial charge in [-0.15, -0.1) is 0 Å². The predicted octanol–water partition coefficient (Wildman–Crippen LogP) is 20.5. The Hall–Kier alpha value is -3.15. The lowest BCUT2D eigenvalue weighted by Gasteiger charge is -2.18. The van der Waals surface area contributed by atoms with Gasteiger partial charge in [-0.05, 0) is 83.5 Å². The molecule has 0 spiro atoms. The van der Waals surface area contributed by atoms with Crippen molar-refractivity contribution in [1.82, 2.24) is 0 Å². The molecule has 0 bridgehead atoms. The summed E-state index contributed by atoms with van der Waals surface area (Å²) in [5.41, 5.74) is 0. The average Bonchev–Trinajstić information content (AvgIpc) is 3.37. The fourth-order valence-electron chi connectivity index (χ4n) is 8.65. The number of rotatable bonds is 55. The Kier molecular flexibility index (Phi) is 56.8. The summed E-state index contributed by atoms with van der Waals surface area (Å²) in [5.74, 6) is -0.943. The molecule has 410 valence electrons. The lowest BCUT2D eigenvalue weighted by atomic mass is 10.0. The van der Waals surface area contributed by atoms with Crippen LogP contribution in [0.2, 0.25) is 0 Å². The van der Waals surface area contributed by atoms with Crippen LogP contribution in [-0.4, -0.2) is 37.2 Å². The van der Waals surface area contributed by atoms with Crippen LogP contribution in [0.5, 0.6) is 0 Å². The molecule has 1 unspecified atom stereocenters. The van der Waals surface area contributed by atoms with Gasteiger partial charge in [0.25, 0.3) is 0 Å². The zero-order valence-corrected chi connectivity index (χ0v) is 47.0. The molecular weight excluding hydrogens is 877 g/mol. The third-order valence-electron chi connectivity index (χ3n) is 13.2. The van der Waals surface area contributed by atoms with Gasteiger partial charge in [-0.1, -0.05) is 273 Å². The van der Waals surface area contributed by atoms with E-state index in [0.29, 0.717) is 19.3 Å². The first kappa shape index (κ1) is 67.8. The van der Waals surface area contributed by atoms with Gasteiger partial charge in [0.05, 0.1) is 0 Å². The highest BCUT2D eigenvalue weighted by Gasteiger charge is 2.19. The van der Waals surface area contributed by atoms with Gasteiger partial charge >= 0.3 is 17.9 Å². The van der Waals surface area contributed by atoms with E-state index in [1.54, 1.807) is 0 Å². The first-order valence-electron chi connectivity index (χ1n) is 30.4. The maximum Gasteiger partial charge on any atom is 0.306 e. The largest absolute Gasteiger partial charge is 0.462 e. The molecule has 0 heterocycles. The van der Waals surface area contributed by atoms with Crippen molar-refractivity contribution >= 4 is 17.9 Å². The van der Waals surface area contributed by atoms with Crippen LogP contribution in [0.3, 0.4) is 0 Å². The summed E-state index contributed by atoms with van der Waals surface area (Å²) in [6, 6.07) is 0. The van der Waals surface area contributed by atoms with Gasteiger partial charge in [-0.2, -0.15) is 0 Å². The first-order valence-corrected chi connectivity index (χ1v) is 30.4. The SMILES string of the molecule is CC/C=C\C/C=C\C/C=C\C/C=C\C/C=C\CCCC(=O)OCC(COC(=O)CCCCCCCCC/C=C\CCCCCCCCC)OC(=O)CCCCCCCCCCCCCCCCCCCC. The predicted molar refractivity (Wildman–Crippen MR) is 307 cm³/mol. The minimum atomic E-state index is -0.799. The van der Waals surface area contributed by atoms with Crippen molar-refractivity contribution in [2.45, 2.75) is 309 Å². The van der Waals surface area contributed by atoms with E-state index in [4.69, 9.17) is 14.2 Å². The van der Waals surface area contributed by atoms with Crippen molar-refractivity contribution in [3.05, 3.63) is 72.9 Å². The third-order valence-corrected chi connectivity index (χ3v) is 13.2. The molecule has 71 heavy (non-hydrogen) atoms. The average molecular weight is 992 g/mol. The molecule has 0 aromatic heterocycles. The summed E-state index contributed by atoms with van der Waals surface area (Å²) < 4.78 is 16.9. The van der Waals surface area contributed by atoms with Crippen molar-refractivity contribution in [1.29, 1.82) is 0 Å². The number of esters is 3. The van der Waals surface area contributed by atoms with Gasteiger partial charge in [0.15, 0.2) is 6.10 Å². The maximum absolute atomic E-state index is 12.9. The molecule has 0 aliphatic rings. The Balaban J connectivity index is 4.44. The quantitative estimate of drug-likeness (QED) is 0.0261. The summed E-state index contributed by atoms with van der Waals surface area (Å²) in [6.07, 6.45) is 76.2. The highest BCUT2D eigenvalue weighted by molar-refractivity contribution is 5.71. The van der Waals surface area contributed by atoms with E-state index >= 15 is 0 Å². The highest BCUT2D eigenvalue weighted by atomic mass is 16.6. The van der Waals surface area contributed by atoms with Crippen molar-refractivity contribution in [3.63, 3.8) is 0 Å². The van der Waals surface area contributed by atoms with Crippen LogP contribution < -0.4 is 0 Å². The fraction of sp³-hybridized carbons (Fsp3) is 0.769. The van der Waals surface area contributed by atoms with Crippen LogP contribution >= 0.6 is 0 Å². The van der Waals surface area contributed by atoms with Crippen LogP contribution in [0.15, 0.2) is 72.9 Å². The third kappa shape index (κ3) is 57.6. The Bertz CT molecular complexity index is 1320. The van der Waals surface area contributed by atoms with Gasteiger partial charge in [-0.3, -0.25) is 14.4 Å². The summed E-state index contributed by atoms with van der Waals surface area (Å²) in [4.78, 5) is 38.2. The van der Waals surface area contributed by atoms with Crippen LogP contribution in [0.4, 0.5) is 0 Å². The molecule has 0 amide bonds. The van der Waals surface area contributed by atoms with E-state index in [-0.39, 0.29) is 37.5 Å². The summed E-state index contributed by atoms with van der Waals surface area (Å²) in [7, 11) is 0. The van der Waals surface area contributed by atoms with Gasteiger partial charge < -0.3 is 14.2 Å². The van der Waals surface area contributed by atoms with Crippen LogP contribution in [0.25, 0.3) is 0 Å². The van der Waals surface area contributed by atoms with Crippen molar-refractivity contribution < 1.29 is 28.6 Å². The number of hydrogen-bond acceptors (Lipinski definition) is 6. The zero-order chi connectivity index (χ0) is 51.4. The first-order chi connectivity index (χ1) is 35.0. The number of unbranched alkanes of at least 4 members (excludes halogenated alkanes) is 32. The molecule has 0 aromatic rings. The second-order valence-electron chi connectivity index (χ2n) is 20.2. The highest BCUT2D eigenvalue weighted by Crippen LogP contribution is 2.16. The molecule has 6 heteroatoms. The van der Waals surface area contributed by atoms with Crippen LogP contribution in [0, 0.1) is 0 Å². The molecule has 0 rings (SSSR count). The minimum absolute atomic E-state index is 0.0928. The molecule has 0 fully saturated rings. The van der Waals surface area contributed by atoms with Gasteiger partial charge in [0, 0.05) is 19.3 Å². The van der Waals surface area contributed by atoms with Crippen molar-refractivity contribution in [3.8, 4) is 0 Å². The number of hydrogen-bond donors (Lipinski definition) is 0. The second-order valence-corrected chi connectivity index (χ2v) is 20.2. The lowest BCUT2D eigenvalue weighted by Crippen LogP contribution is -2.30. The van der Waals surface area contributed by atoms with Gasteiger partial charge in [0.1, 0.15) is 13.2 Å². The molecule has 1 atom stereocenters. The monoisotopic (exact) mass is 991 g/mol. The Labute approximate surface area is 440 Å². The Morgan fingerprint density at radius 1 is 0.296 bits per heavy atom. The fourth-order valence-corrected chi connectivity index (χ4v) is 8.65. The normalized spacial score (nSPS) is 12.5. The number of carbonyl (C=O) groups is 3. The molecule has 0 aliphatic carbocycles. The minimum Gasteiger partial charge on any atom is -0.462 e. The summed E-state index contributed by atoms with van der Waals surface area (Å²) in [5, 5.41) is 0. The van der Waals surface area contributed by atoms with Crippen LogP contribution in [0.1, 0.15) is 303 Å². The molecule has 0 saturated carbocycles. The van der Waals surface area contributed by atoms with E-state index in [1.165, 1.54) is 180 Å². The van der Waals surface area contributed by atoms with E-state index < -0.39 is 6.10 Å². The van der Waals surface area contributed by atoms with Crippen molar-refractivity contribution in [2.24, 2.45) is 0 Å². The molecule has 0 saturated heterocycles. The summed E-state index contributed by atoms with van der Waals surface area (Å²) in [6.45, 7) is 6.51. The van der Waals surface area contributed by atoms with E-state index in [2.05, 4.69) is 93.7 Å². The number of allylic oxidation sites excluding steroid dienone is 12. The summed E-state index contributed by atoms with van der Waals surface area (Å²) >= 11 is 0. The standard InChI is InChI=1S/C65H114O6/c1-4-7-10-13-16-19-22-25-28-31-34-37-40-43-46-49-52-55-58-64(67)70-61-62(60-69-63(66)57-54-51-48-45-42-39-36-33-30-27-24-21-18-15-12-9-6-3)71-65(68)59-56-53-50-47-44-41-38-35-32-29-26-23-20-17-14-11-8-5-2/h9,12,18,21,27-28,30-31,36,39,45,48,62H,4-8,10-11,13-17,19-20,22-26,29,32-35,37-38,40-44,46-47,49-61H2,1-3H3/b12-9-,21-18-,30-27-,31-28-,39-36-,48-45-. The second kappa shape index (κ2) is 59.4. The van der Waals surface area contributed by atoms with Crippen LogP contribution in [-0.2, 0) is 28.6 Å². The maximum atomic E-state index is 12.9. The molecular formula is C65H114O6. The van der Waals surface area contributed by atoms with Gasteiger partial charge in [-0.25, -0.2) is 0 Å². The Morgan fingerprint density at radius 3 is 0.930 bits per heavy atom. The molecule has 6 nitrogen and oxygen atoms in total. The zero-order valence-electron chi connectivity index (χ0n) is 47.0. The van der Waals surface area contributed by atoms with Gasteiger partial charge in [0.2, 0.25) is 0 Å². The molecule has 0 aliphatic heterocycles. The van der Waals surface area contributed by atoms with E-state index in [0.717, 1.165) is 77.0 Å². The molecule has 0 aromatic carbocycles. The molecule has 0 N–H and O–H groups in total.